The van der Waals surface area contributed by atoms with E-state index in [9.17, 15) is 4.79 Å². The van der Waals surface area contributed by atoms with Crippen LogP contribution >= 0.6 is 0 Å². The van der Waals surface area contributed by atoms with Crippen molar-refractivity contribution >= 4 is 5.97 Å². The zero-order valence-electron chi connectivity index (χ0n) is 15.0. The maximum atomic E-state index is 12.6. The highest BCUT2D eigenvalue weighted by molar-refractivity contribution is 5.70. The number of carbonyl (C=O) groups excluding carboxylic acids is 1. The summed E-state index contributed by atoms with van der Waals surface area (Å²) in [6.07, 6.45) is 10.1. The second-order valence-electron chi connectivity index (χ2n) is 8.98. The molecule has 3 aliphatic carbocycles. The first-order valence-corrected chi connectivity index (χ1v) is 9.60. The van der Waals surface area contributed by atoms with Gasteiger partial charge in [-0.1, -0.05) is 34.1 Å². The molecule has 0 amide bonds. The minimum Gasteiger partial charge on any atom is -0.459 e. The number of hydrogen-bond donors (Lipinski definition) is 0. The van der Waals surface area contributed by atoms with E-state index in [1.165, 1.54) is 32.1 Å². The largest absolute Gasteiger partial charge is 0.459 e. The van der Waals surface area contributed by atoms with Gasteiger partial charge in [0, 0.05) is 6.42 Å². The van der Waals surface area contributed by atoms with Crippen molar-refractivity contribution < 1.29 is 9.53 Å². The standard InChI is InChI=1S/C20H34O2/c1-5-20(9-7-6-8-10-20)22-18(21)13-16-11-15-12-17(16)19(3,4)14(15)2/h14-17H,5-13H2,1-4H3. The highest BCUT2D eigenvalue weighted by Crippen LogP contribution is 2.62. The van der Waals surface area contributed by atoms with Crippen molar-refractivity contribution in [3.63, 3.8) is 0 Å². The summed E-state index contributed by atoms with van der Waals surface area (Å²) < 4.78 is 6.05. The molecule has 0 aromatic carbocycles. The smallest absolute Gasteiger partial charge is 0.306 e. The summed E-state index contributed by atoms with van der Waals surface area (Å²) >= 11 is 0. The van der Waals surface area contributed by atoms with Gasteiger partial charge in [0.25, 0.3) is 0 Å². The van der Waals surface area contributed by atoms with Gasteiger partial charge in [0.05, 0.1) is 0 Å². The van der Waals surface area contributed by atoms with E-state index in [4.69, 9.17) is 4.74 Å². The Balaban J connectivity index is 1.59. The first-order valence-electron chi connectivity index (χ1n) is 9.60. The van der Waals surface area contributed by atoms with E-state index in [0.717, 1.165) is 37.0 Å². The third-order valence-corrected chi connectivity index (χ3v) is 7.74. The van der Waals surface area contributed by atoms with Gasteiger partial charge in [0.15, 0.2) is 0 Å². The van der Waals surface area contributed by atoms with Crippen LogP contribution in [0.4, 0.5) is 0 Å². The monoisotopic (exact) mass is 306 g/mol. The van der Waals surface area contributed by atoms with E-state index in [-0.39, 0.29) is 11.6 Å². The van der Waals surface area contributed by atoms with Gasteiger partial charge in [-0.25, -0.2) is 0 Å². The van der Waals surface area contributed by atoms with Crippen molar-refractivity contribution in [2.45, 2.75) is 91.1 Å². The predicted octanol–water partition coefficient (Wildman–Crippen LogP) is 5.35. The molecule has 3 saturated carbocycles. The molecule has 0 saturated heterocycles. The molecule has 0 aromatic rings. The molecule has 126 valence electrons. The lowest BCUT2D eigenvalue weighted by Gasteiger charge is -2.41. The number of rotatable bonds is 4. The lowest BCUT2D eigenvalue weighted by atomic mass is 9.65. The summed E-state index contributed by atoms with van der Waals surface area (Å²) in [6, 6.07) is 0. The normalized spacial score (nSPS) is 38.9. The van der Waals surface area contributed by atoms with Crippen LogP contribution in [0.3, 0.4) is 0 Å². The lowest BCUT2D eigenvalue weighted by Crippen LogP contribution is -2.39. The van der Waals surface area contributed by atoms with Crippen LogP contribution < -0.4 is 0 Å². The summed E-state index contributed by atoms with van der Waals surface area (Å²) in [5.41, 5.74) is 0.275. The SMILES string of the molecule is CCC1(OC(=O)CC2CC3CC2C(C)(C)C3C)CCCCC1. The molecule has 0 heterocycles. The molecule has 2 heteroatoms. The Labute approximate surface area is 136 Å². The van der Waals surface area contributed by atoms with Gasteiger partial charge in [0.1, 0.15) is 5.60 Å². The second kappa shape index (κ2) is 5.83. The van der Waals surface area contributed by atoms with Gasteiger partial charge in [-0.05, 0) is 74.0 Å². The van der Waals surface area contributed by atoms with Crippen LogP contribution in [0.2, 0.25) is 0 Å². The third kappa shape index (κ3) is 2.71. The number of fused-ring (bicyclic) bond motifs is 2. The van der Waals surface area contributed by atoms with Gasteiger partial charge in [-0.15, -0.1) is 0 Å². The van der Waals surface area contributed by atoms with Gasteiger partial charge in [0.2, 0.25) is 0 Å². The highest BCUT2D eigenvalue weighted by atomic mass is 16.6. The average molecular weight is 306 g/mol. The zero-order valence-corrected chi connectivity index (χ0v) is 15.0. The van der Waals surface area contributed by atoms with Crippen LogP contribution in [-0.4, -0.2) is 11.6 Å². The molecule has 2 nitrogen and oxygen atoms in total. The molecule has 4 atom stereocenters. The minimum atomic E-state index is -0.129. The Morgan fingerprint density at radius 1 is 1.14 bits per heavy atom. The zero-order chi connectivity index (χ0) is 16.0. The first-order chi connectivity index (χ1) is 10.4. The van der Waals surface area contributed by atoms with E-state index in [0.29, 0.717) is 17.8 Å². The van der Waals surface area contributed by atoms with Gasteiger partial charge in [-0.3, -0.25) is 4.79 Å². The molecular weight excluding hydrogens is 272 g/mol. The highest BCUT2D eigenvalue weighted by Gasteiger charge is 2.55. The number of esters is 1. The summed E-state index contributed by atoms with van der Waals surface area (Å²) in [7, 11) is 0. The fraction of sp³-hybridized carbons (Fsp3) is 0.950. The summed E-state index contributed by atoms with van der Waals surface area (Å²) in [5, 5.41) is 0. The molecule has 3 fully saturated rings. The second-order valence-corrected chi connectivity index (χ2v) is 8.98. The summed E-state index contributed by atoms with van der Waals surface area (Å²) in [6.45, 7) is 9.41. The lowest BCUT2D eigenvalue weighted by molar-refractivity contribution is -0.166. The summed E-state index contributed by atoms with van der Waals surface area (Å²) in [5.74, 6) is 3.03. The van der Waals surface area contributed by atoms with Gasteiger partial charge < -0.3 is 4.74 Å². The van der Waals surface area contributed by atoms with Crippen molar-refractivity contribution in [3.8, 4) is 0 Å². The molecular formula is C20H34O2. The molecule has 4 unspecified atom stereocenters. The summed E-state index contributed by atoms with van der Waals surface area (Å²) in [4.78, 5) is 12.6. The Morgan fingerprint density at radius 3 is 2.36 bits per heavy atom. The Bertz CT molecular complexity index is 419. The molecule has 2 bridgehead atoms. The fourth-order valence-corrected chi connectivity index (χ4v) is 5.88. The molecule has 0 aliphatic heterocycles. The molecule has 3 aliphatic rings. The van der Waals surface area contributed by atoms with Crippen molar-refractivity contribution in [1.29, 1.82) is 0 Å². The van der Waals surface area contributed by atoms with Crippen LogP contribution in [0.25, 0.3) is 0 Å². The van der Waals surface area contributed by atoms with E-state index in [1.54, 1.807) is 0 Å². The molecule has 0 N–H and O–H groups in total. The maximum Gasteiger partial charge on any atom is 0.306 e. The van der Waals surface area contributed by atoms with Gasteiger partial charge in [-0.2, -0.15) is 0 Å². The van der Waals surface area contributed by atoms with E-state index in [2.05, 4.69) is 27.7 Å². The topological polar surface area (TPSA) is 26.3 Å². The Kier molecular flexibility index (Phi) is 4.33. The maximum absolute atomic E-state index is 12.6. The van der Waals surface area contributed by atoms with Crippen LogP contribution in [0.1, 0.15) is 85.5 Å². The minimum absolute atomic E-state index is 0.0877. The van der Waals surface area contributed by atoms with Crippen molar-refractivity contribution in [1.82, 2.24) is 0 Å². The Hall–Kier alpha value is -0.530. The van der Waals surface area contributed by atoms with Crippen LogP contribution in [0.15, 0.2) is 0 Å². The predicted molar refractivity (Wildman–Crippen MR) is 89.5 cm³/mol. The van der Waals surface area contributed by atoms with Crippen molar-refractivity contribution in [2.24, 2.45) is 29.1 Å². The fourth-order valence-electron chi connectivity index (χ4n) is 5.88. The number of hydrogen-bond acceptors (Lipinski definition) is 2. The van der Waals surface area contributed by atoms with Crippen molar-refractivity contribution in [2.75, 3.05) is 0 Å². The van der Waals surface area contributed by atoms with E-state index >= 15 is 0 Å². The van der Waals surface area contributed by atoms with E-state index in [1.807, 2.05) is 0 Å². The molecule has 0 spiro atoms. The van der Waals surface area contributed by atoms with Gasteiger partial charge >= 0.3 is 5.97 Å². The molecule has 3 rings (SSSR count). The quantitative estimate of drug-likeness (QED) is 0.654. The number of carbonyl (C=O) groups is 1. The number of ether oxygens (including phenoxy) is 1. The van der Waals surface area contributed by atoms with Crippen molar-refractivity contribution in [3.05, 3.63) is 0 Å². The molecule has 0 radical (unpaired) electrons. The molecule has 22 heavy (non-hydrogen) atoms. The third-order valence-electron chi connectivity index (χ3n) is 7.74. The van der Waals surface area contributed by atoms with E-state index < -0.39 is 0 Å². The van der Waals surface area contributed by atoms with Crippen LogP contribution in [-0.2, 0) is 9.53 Å². The molecule has 0 aromatic heterocycles. The van der Waals surface area contributed by atoms with Crippen LogP contribution in [0, 0.1) is 29.1 Å². The van der Waals surface area contributed by atoms with Crippen LogP contribution in [0.5, 0.6) is 0 Å². The average Bonchev–Trinajstić information content (AvgIpc) is 2.99. The first kappa shape index (κ1) is 16.3. The Morgan fingerprint density at radius 2 is 1.82 bits per heavy atom.